The standard InChI is InChI=1S/C18H18N6O2.ClH/c25-18-23(8-9-26-18)14-3-1-2-13(10-14)22-6-5-20-17(22)16-11-15-12-19-4-7-24(15)21-16;/h1-3,5-6,10-11,19H,4,7-9,12H2;1H. The Labute approximate surface area is 162 Å². The van der Waals surface area contributed by atoms with E-state index < -0.39 is 0 Å². The molecule has 8 nitrogen and oxygen atoms in total. The van der Waals surface area contributed by atoms with Crippen molar-refractivity contribution >= 4 is 24.2 Å². The van der Waals surface area contributed by atoms with E-state index in [9.17, 15) is 4.79 Å². The van der Waals surface area contributed by atoms with E-state index >= 15 is 0 Å². The number of halogens is 1. The molecule has 1 aromatic carbocycles. The highest BCUT2D eigenvalue weighted by atomic mass is 35.5. The molecule has 0 spiro atoms. The minimum atomic E-state index is -0.303. The third-order valence-electron chi connectivity index (χ3n) is 4.72. The van der Waals surface area contributed by atoms with Crippen LogP contribution in [0.25, 0.3) is 17.2 Å². The fourth-order valence-corrected chi connectivity index (χ4v) is 3.44. The van der Waals surface area contributed by atoms with Gasteiger partial charge in [-0.1, -0.05) is 6.07 Å². The van der Waals surface area contributed by atoms with Crippen LogP contribution in [-0.2, 0) is 17.8 Å². The van der Waals surface area contributed by atoms with Gasteiger partial charge in [-0.3, -0.25) is 14.1 Å². The molecule has 27 heavy (non-hydrogen) atoms. The number of imidazole rings is 1. The number of anilines is 1. The van der Waals surface area contributed by atoms with Gasteiger partial charge in [-0.25, -0.2) is 9.78 Å². The van der Waals surface area contributed by atoms with E-state index in [4.69, 9.17) is 9.84 Å². The number of benzene rings is 1. The van der Waals surface area contributed by atoms with Crippen LogP contribution < -0.4 is 10.2 Å². The van der Waals surface area contributed by atoms with Crippen molar-refractivity contribution in [1.82, 2.24) is 24.6 Å². The number of nitrogens with one attached hydrogen (secondary N) is 1. The average Bonchev–Trinajstić information content (AvgIpc) is 3.40. The van der Waals surface area contributed by atoms with Crippen LogP contribution in [0, 0.1) is 0 Å². The smallest absolute Gasteiger partial charge is 0.414 e. The quantitative estimate of drug-likeness (QED) is 0.746. The van der Waals surface area contributed by atoms with Crippen LogP contribution in [-0.4, -0.2) is 45.1 Å². The Morgan fingerprint density at radius 2 is 2.04 bits per heavy atom. The van der Waals surface area contributed by atoms with E-state index in [1.165, 1.54) is 0 Å². The van der Waals surface area contributed by atoms with Crippen molar-refractivity contribution in [3.05, 3.63) is 48.4 Å². The first-order chi connectivity index (χ1) is 12.8. The molecule has 0 unspecified atom stereocenters. The molecule has 0 radical (unpaired) electrons. The fourth-order valence-electron chi connectivity index (χ4n) is 3.44. The Bertz CT molecular complexity index is 958. The van der Waals surface area contributed by atoms with Crippen LogP contribution in [0.3, 0.4) is 0 Å². The molecule has 1 saturated heterocycles. The lowest BCUT2D eigenvalue weighted by Crippen LogP contribution is -2.28. The van der Waals surface area contributed by atoms with Gasteiger partial charge in [0, 0.05) is 36.9 Å². The molecule has 0 bridgehead atoms. The summed E-state index contributed by atoms with van der Waals surface area (Å²) >= 11 is 0. The lowest BCUT2D eigenvalue weighted by molar-refractivity contribution is 0.181. The van der Waals surface area contributed by atoms with E-state index in [1.54, 1.807) is 11.1 Å². The normalized spacial score (nSPS) is 16.0. The number of cyclic esters (lactones) is 1. The molecule has 0 atom stereocenters. The largest absolute Gasteiger partial charge is 0.447 e. The molecule has 4 heterocycles. The second-order valence-electron chi connectivity index (χ2n) is 6.33. The highest BCUT2D eigenvalue weighted by molar-refractivity contribution is 5.89. The maximum absolute atomic E-state index is 11.8. The van der Waals surface area contributed by atoms with Gasteiger partial charge in [-0.15, -0.1) is 12.4 Å². The van der Waals surface area contributed by atoms with Gasteiger partial charge in [0.05, 0.1) is 18.8 Å². The van der Waals surface area contributed by atoms with Crippen molar-refractivity contribution in [2.24, 2.45) is 0 Å². The van der Waals surface area contributed by atoms with Crippen LogP contribution >= 0.6 is 12.4 Å². The number of amides is 1. The van der Waals surface area contributed by atoms with Crippen molar-refractivity contribution in [1.29, 1.82) is 0 Å². The predicted octanol–water partition coefficient (Wildman–Crippen LogP) is 2.22. The third kappa shape index (κ3) is 3.07. The summed E-state index contributed by atoms with van der Waals surface area (Å²) in [5.74, 6) is 0.785. The van der Waals surface area contributed by atoms with Gasteiger partial charge in [0.1, 0.15) is 12.3 Å². The molecule has 1 N–H and O–H groups in total. The molecule has 1 amide bonds. The lowest BCUT2D eigenvalue weighted by atomic mass is 10.2. The summed E-state index contributed by atoms with van der Waals surface area (Å²) in [5, 5.41) is 8.05. The molecule has 5 rings (SSSR count). The van der Waals surface area contributed by atoms with Crippen LogP contribution in [0.1, 0.15) is 5.69 Å². The summed E-state index contributed by atoms with van der Waals surface area (Å²) in [5.41, 5.74) is 3.76. The number of fused-ring (bicyclic) bond motifs is 1. The summed E-state index contributed by atoms with van der Waals surface area (Å²) in [4.78, 5) is 18.0. The van der Waals surface area contributed by atoms with Crippen LogP contribution in [0.2, 0.25) is 0 Å². The summed E-state index contributed by atoms with van der Waals surface area (Å²) < 4.78 is 9.06. The highest BCUT2D eigenvalue weighted by Crippen LogP contribution is 2.26. The SMILES string of the molecule is Cl.O=C1OCCN1c1cccc(-n2ccnc2-c2cc3n(n2)CCNC3)c1. The van der Waals surface area contributed by atoms with Crippen molar-refractivity contribution < 1.29 is 9.53 Å². The van der Waals surface area contributed by atoms with E-state index in [-0.39, 0.29) is 18.5 Å². The number of hydrogen-bond acceptors (Lipinski definition) is 5. The van der Waals surface area contributed by atoms with Gasteiger partial charge in [0.15, 0.2) is 5.82 Å². The number of aromatic nitrogens is 4. The molecule has 2 aliphatic heterocycles. The van der Waals surface area contributed by atoms with Crippen molar-refractivity contribution in [2.75, 3.05) is 24.6 Å². The first-order valence-electron chi connectivity index (χ1n) is 8.65. The topological polar surface area (TPSA) is 77.2 Å². The monoisotopic (exact) mass is 386 g/mol. The first-order valence-corrected chi connectivity index (χ1v) is 8.65. The molecule has 1 fully saturated rings. The summed E-state index contributed by atoms with van der Waals surface area (Å²) in [7, 11) is 0. The van der Waals surface area contributed by atoms with Gasteiger partial charge >= 0.3 is 6.09 Å². The molecule has 140 valence electrons. The van der Waals surface area contributed by atoms with E-state index in [0.29, 0.717) is 13.2 Å². The third-order valence-corrected chi connectivity index (χ3v) is 4.72. The minimum absolute atomic E-state index is 0. The second-order valence-corrected chi connectivity index (χ2v) is 6.33. The predicted molar refractivity (Wildman–Crippen MR) is 102 cm³/mol. The molecule has 9 heteroatoms. The number of carbonyl (C=O) groups excluding carboxylic acids is 1. The van der Waals surface area contributed by atoms with Gasteiger partial charge in [-0.05, 0) is 24.3 Å². The molecular formula is C18H19ClN6O2. The Morgan fingerprint density at radius 1 is 1.15 bits per heavy atom. The zero-order valence-electron chi connectivity index (χ0n) is 14.5. The van der Waals surface area contributed by atoms with Crippen molar-refractivity contribution in [3.8, 4) is 17.2 Å². The number of hydrogen-bond donors (Lipinski definition) is 1. The van der Waals surface area contributed by atoms with Crippen LogP contribution in [0.15, 0.2) is 42.7 Å². The zero-order chi connectivity index (χ0) is 17.5. The van der Waals surface area contributed by atoms with Gasteiger partial charge in [-0.2, -0.15) is 5.10 Å². The Hall–Kier alpha value is -2.84. The second kappa shape index (κ2) is 7.05. The van der Waals surface area contributed by atoms with Gasteiger partial charge < -0.3 is 10.1 Å². The highest BCUT2D eigenvalue weighted by Gasteiger charge is 2.24. The van der Waals surface area contributed by atoms with Crippen LogP contribution in [0.4, 0.5) is 10.5 Å². The number of rotatable bonds is 3. The van der Waals surface area contributed by atoms with Crippen molar-refractivity contribution in [2.45, 2.75) is 13.1 Å². The zero-order valence-corrected chi connectivity index (χ0v) is 15.4. The Balaban J connectivity index is 0.00000180. The summed E-state index contributed by atoms with van der Waals surface area (Å²) in [6.45, 7) is 3.60. The molecule has 0 aliphatic carbocycles. The minimum Gasteiger partial charge on any atom is -0.447 e. The van der Waals surface area contributed by atoms with Gasteiger partial charge in [0.2, 0.25) is 0 Å². The molecule has 2 aliphatic rings. The lowest BCUT2D eigenvalue weighted by Gasteiger charge is -2.15. The molecular weight excluding hydrogens is 368 g/mol. The van der Waals surface area contributed by atoms with E-state index in [1.807, 2.05) is 39.7 Å². The van der Waals surface area contributed by atoms with E-state index in [2.05, 4.69) is 16.4 Å². The van der Waals surface area contributed by atoms with Crippen LogP contribution in [0.5, 0.6) is 0 Å². The number of carbonyl (C=O) groups is 1. The van der Waals surface area contributed by atoms with Gasteiger partial charge in [0.25, 0.3) is 0 Å². The maximum atomic E-state index is 11.8. The maximum Gasteiger partial charge on any atom is 0.414 e. The number of ether oxygens (including phenoxy) is 1. The summed E-state index contributed by atoms with van der Waals surface area (Å²) in [6, 6.07) is 9.88. The first kappa shape index (κ1) is 17.6. The fraction of sp³-hybridized carbons (Fsp3) is 0.278. The Kier molecular flexibility index (Phi) is 4.59. The molecule has 3 aromatic rings. The van der Waals surface area contributed by atoms with Crippen molar-refractivity contribution in [3.63, 3.8) is 0 Å². The molecule has 0 saturated carbocycles. The molecule has 2 aromatic heterocycles. The summed E-state index contributed by atoms with van der Waals surface area (Å²) in [6.07, 6.45) is 3.37. The Morgan fingerprint density at radius 3 is 2.85 bits per heavy atom. The number of nitrogens with zero attached hydrogens (tertiary/aromatic N) is 5. The van der Waals surface area contributed by atoms with E-state index in [0.717, 1.165) is 48.2 Å². The average molecular weight is 387 g/mol.